The second-order valence-corrected chi connectivity index (χ2v) is 6.07. The molecular formula is C16H22F3N. The van der Waals surface area contributed by atoms with Crippen LogP contribution in [0.5, 0.6) is 0 Å². The minimum Gasteiger partial charge on any atom is -0.330 e. The summed E-state index contributed by atoms with van der Waals surface area (Å²) in [6.07, 6.45) is 0.0687. The largest absolute Gasteiger partial charge is 0.416 e. The third-order valence-corrected chi connectivity index (χ3v) is 4.48. The van der Waals surface area contributed by atoms with Crippen LogP contribution in [-0.2, 0) is 12.6 Å². The predicted molar refractivity (Wildman–Crippen MR) is 74.2 cm³/mol. The van der Waals surface area contributed by atoms with Gasteiger partial charge in [0.1, 0.15) is 0 Å². The fourth-order valence-corrected chi connectivity index (χ4v) is 3.25. The maximum atomic E-state index is 12.5. The summed E-state index contributed by atoms with van der Waals surface area (Å²) >= 11 is 0. The molecule has 0 saturated heterocycles. The Bertz CT molecular complexity index is 424. The van der Waals surface area contributed by atoms with Crippen molar-refractivity contribution in [2.75, 3.05) is 6.54 Å². The third kappa shape index (κ3) is 3.75. The fraction of sp³-hybridized carbons (Fsp3) is 0.625. The van der Waals surface area contributed by atoms with E-state index in [0.29, 0.717) is 24.3 Å². The zero-order valence-corrected chi connectivity index (χ0v) is 11.8. The lowest BCUT2D eigenvalue weighted by atomic mass is 9.72. The van der Waals surface area contributed by atoms with E-state index in [4.69, 9.17) is 5.73 Å². The van der Waals surface area contributed by atoms with Gasteiger partial charge in [0, 0.05) is 0 Å². The average molecular weight is 285 g/mol. The molecule has 0 heterocycles. The Morgan fingerprint density at radius 3 is 2.30 bits per heavy atom. The number of rotatable bonds is 3. The summed E-state index contributed by atoms with van der Waals surface area (Å²) < 4.78 is 37.6. The maximum absolute atomic E-state index is 12.5. The second-order valence-electron chi connectivity index (χ2n) is 6.07. The molecule has 1 nitrogen and oxygen atoms in total. The van der Waals surface area contributed by atoms with E-state index < -0.39 is 11.7 Å². The minimum atomic E-state index is -4.25. The summed E-state index contributed by atoms with van der Waals surface area (Å²) in [7, 11) is 0. The van der Waals surface area contributed by atoms with Crippen LogP contribution in [0.15, 0.2) is 24.3 Å². The standard InChI is InChI=1S/C16H22F3N/c1-11-2-5-13(10-20)14(8-11)9-12-3-6-15(7-4-12)16(17,18)19/h3-4,6-7,11,13-14H,2,5,8-10,20H2,1H3. The molecule has 3 unspecified atom stereocenters. The molecule has 1 aromatic carbocycles. The van der Waals surface area contributed by atoms with E-state index in [1.165, 1.54) is 18.6 Å². The van der Waals surface area contributed by atoms with Crippen LogP contribution >= 0.6 is 0 Å². The van der Waals surface area contributed by atoms with Crippen molar-refractivity contribution in [3.05, 3.63) is 35.4 Å². The Labute approximate surface area is 118 Å². The Balaban J connectivity index is 2.05. The lowest BCUT2D eigenvalue weighted by Gasteiger charge is -2.34. The number of hydrogen-bond donors (Lipinski definition) is 1. The van der Waals surface area contributed by atoms with Crippen molar-refractivity contribution in [2.24, 2.45) is 23.5 Å². The first-order chi connectivity index (χ1) is 9.40. The molecule has 0 spiro atoms. The van der Waals surface area contributed by atoms with Gasteiger partial charge in [-0.2, -0.15) is 13.2 Å². The summed E-state index contributed by atoms with van der Waals surface area (Å²) in [4.78, 5) is 0. The normalized spacial score (nSPS) is 27.6. The summed E-state index contributed by atoms with van der Waals surface area (Å²) in [5.74, 6) is 1.70. The van der Waals surface area contributed by atoms with E-state index >= 15 is 0 Å². The highest BCUT2D eigenvalue weighted by atomic mass is 19.4. The van der Waals surface area contributed by atoms with E-state index in [1.54, 1.807) is 12.1 Å². The molecule has 2 N–H and O–H groups in total. The molecule has 1 saturated carbocycles. The molecule has 4 heteroatoms. The van der Waals surface area contributed by atoms with Crippen molar-refractivity contribution in [2.45, 2.75) is 38.8 Å². The molecule has 1 aliphatic carbocycles. The minimum absolute atomic E-state index is 0.500. The highest BCUT2D eigenvalue weighted by Gasteiger charge is 2.31. The first-order valence-corrected chi connectivity index (χ1v) is 7.26. The monoisotopic (exact) mass is 285 g/mol. The highest BCUT2D eigenvalue weighted by Crippen LogP contribution is 2.36. The molecule has 112 valence electrons. The zero-order chi connectivity index (χ0) is 14.8. The maximum Gasteiger partial charge on any atom is 0.416 e. The molecule has 3 atom stereocenters. The van der Waals surface area contributed by atoms with Crippen molar-refractivity contribution in [1.29, 1.82) is 0 Å². The highest BCUT2D eigenvalue weighted by molar-refractivity contribution is 5.25. The molecule has 0 amide bonds. The molecule has 0 radical (unpaired) electrons. The number of nitrogens with two attached hydrogens (primary N) is 1. The molecule has 20 heavy (non-hydrogen) atoms. The summed E-state index contributed by atoms with van der Waals surface area (Å²) in [6.45, 7) is 2.92. The summed E-state index contributed by atoms with van der Waals surface area (Å²) in [5.41, 5.74) is 6.23. The molecule has 1 aliphatic rings. The van der Waals surface area contributed by atoms with Crippen molar-refractivity contribution >= 4 is 0 Å². The van der Waals surface area contributed by atoms with Gasteiger partial charge in [-0.05, 0) is 61.3 Å². The summed E-state index contributed by atoms with van der Waals surface area (Å²) in [6, 6.07) is 5.57. The molecular weight excluding hydrogens is 263 g/mol. The van der Waals surface area contributed by atoms with E-state index in [0.717, 1.165) is 24.8 Å². The summed E-state index contributed by atoms with van der Waals surface area (Å²) in [5, 5.41) is 0. The van der Waals surface area contributed by atoms with Crippen LogP contribution in [0.25, 0.3) is 0 Å². The molecule has 0 aliphatic heterocycles. The van der Waals surface area contributed by atoms with Gasteiger partial charge in [0.2, 0.25) is 0 Å². The van der Waals surface area contributed by atoms with Gasteiger partial charge in [-0.25, -0.2) is 0 Å². The van der Waals surface area contributed by atoms with Gasteiger partial charge in [-0.15, -0.1) is 0 Å². The van der Waals surface area contributed by atoms with Crippen molar-refractivity contribution < 1.29 is 13.2 Å². The number of alkyl halides is 3. The zero-order valence-electron chi connectivity index (χ0n) is 11.8. The molecule has 1 fully saturated rings. The van der Waals surface area contributed by atoms with E-state index in [9.17, 15) is 13.2 Å². The molecule has 0 aromatic heterocycles. The van der Waals surface area contributed by atoms with E-state index in [2.05, 4.69) is 6.92 Å². The topological polar surface area (TPSA) is 26.0 Å². The van der Waals surface area contributed by atoms with E-state index in [1.807, 2.05) is 0 Å². The van der Waals surface area contributed by atoms with Gasteiger partial charge in [0.15, 0.2) is 0 Å². The molecule has 0 bridgehead atoms. The van der Waals surface area contributed by atoms with Gasteiger partial charge in [-0.1, -0.05) is 25.5 Å². The predicted octanol–water partition coefficient (Wildman–Crippen LogP) is 4.26. The molecule has 2 rings (SSSR count). The van der Waals surface area contributed by atoms with Crippen LogP contribution in [0.3, 0.4) is 0 Å². The Hall–Kier alpha value is -1.03. The van der Waals surface area contributed by atoms with Crippen molar-refractivity contribution in [1.82, 2.24) is 0 Å². The third-order valence-electron chi connectivity index (χ3n) is 4.48. The van der Waals surface area contributed by atoms with Crippen LogP contribution in [0.4, 0.5) is 13.2 Å². The Kier molecular flexibility index (Phi) is 4.74. The average Bonchev–Trinajstić information content (AvgIpc) is 2.38. The van der Waals surface area contributed by atoms with Crippen LogP contribution in [0.2, 0.25) is 0 Å². The first-order valence-electron chi connectivity index (χ1n) is 7.26. The van der Waals surface area contributed by atoms with Gasteiger partial charge in [-0.3, -0.25) is 0 Å². The Morgan fingerprint density at radius 2 is 1.75 bits per heavy atom. The number of hydrogen-bond acceptors (Lipinski definition) is 1. The number of halogens is 3. The van der Waals surface area contributed by atoms with Crippen LogP contribution in [0.1, 0.15) is 37.3 Å². The smallest absolute Gasteiger partial charge is 0.330 e. The van der Waals surface area contributed by atoms with Crippen molar-refractivity contribution in [3.63, 3.8) is 0 Å². The SMILES string of the molecule is CC1CCC(CN)C(Cc2ccc(C(F)(F)F)cc2)C1. The van der Waals surface area contributed by atoms with Crippen LogP contribution in [-0.4, -0.2) is 6.54 Å². The lowest BCUT2D eigenvalue weighted by Crippen LogP contribution is -2.31. The van der Waals surface area contributed by atoms with Crippen molar-refractivity contribution in [3.8, 4) is 0 Å². The lowest BCUT2D eigenvalue weighted by molar-refractivity contribution is -0.137. The van der Waals surface area contributed by atoms with Gasteiger partial charge >= 0.3 is 6.18 Å². The number of benzene rings is 1. The fourth-order valence-electron chi connectivity index (χ4n) is 3.25. The van der Waals surface area contributed by atoms with Gasteiger partial charge in [0.05, 0.1) is 5.56 Å². The first kappa shape index (κ1) is 15.4. The Morgan fingerprint density at radius 1 is 1.10 bits per heavy atom. The second kappa shape index (κ2) is 6.17. The van der Waals surface area contributed by atoms with E-state index in [-0.39, 0.29) is 0 Å². The van der Waals surface area contributed by atoms with Gasteiger partial charge in [0.25, 0.3) is 0 Å². The van der Waals surface area contributed by atoms with Gasteiger partial charge < -0.3 is 5.73 Å². The molecule has 1 aromatic rings. The van der Waals surface area contributed by atoms with Crippen LogP contribution in [0, 0.1) is 17.8 Å². The quantitative estimate of drug-likeness (QED) is 0.882. The van der Waals surface area contributed by atoms with Crippen LogP contribution < -0.4 is 5.73 Å².